The predicted molar refractivity (Wildman–Crippen MR) is 112 cm³/mol. The van der Waals surface area contributed by atoms with Gasteiger partial charge in [0.25, 0.3) is 0 Å². The molecule has 1 aromatic heterocycles. The number of amides is 1. The number of carbonyl (C=O) groups is 2. The van der Waals surface area contributed by atoms with E-state index in [0.29, 0.717) is 43.3 Å². The van der Waals surface area contributed by atoms with Gasteiger partial charge in [-0.15, -0.1) is 11.3 Å². The van der Waals surface area contributed by atoms with Crippen LogP contribution in [0.3, 0.4) is 0 Å². The van der Waals surface area contributed by atoms with Gasteiger partial charge in [0.1, 0.15) is 0 Å². The number of hydrogen-bond donors (Lipinski definition) is 1. The average molecular weight is 404 g/mol. The molecule has 1 heterocycles. The lowest BCUT2D eigenvalue weighted by Gasteiger charge is -2.18. The second kappa shape index (κ2) is 10.9. The molecule has 1 N–H and O–H groups in total. The molecule has 5 nitrogen and oxygen atoms in total. The van der Waals surface area contributed by atoms with E-state index < -0.39 is 0 Å². The summed E-state index contributed by atoms with van der Waals surface area (Å²) in [6.45, 7) is 6.73. The summed E-state index contributed by atoms with van der Waals surface area (Å²) in [5.41, 5.74) is 0.941. The van der Waals surface area contributed by atoms with Crippen molar-refractivity contribution in [3.8, 4) is 11.5 Å². The Balaban J connectivity index is 1.84. The Morgan fingerprint density at radius 1 is 1.11 bits per heavy atom. The molecule has 6 heteroatoms. The standard InChI is InChI=1S/C22H29NO4S/c1-15(2)14-27-19-11-10-17(13-20(19)26-4)16(3)23-22(25)9-5-7-18(24)21-8-6-12-28-21/h6,8,10-13,15-16H,5,7,9,14H2,1-4H3,(H,23,25). The summed E-state index contributed by atoms with van der Waals surface area (Å²) in [6.07, 6.45) is 1.26. The van der Waals surface area contributed by atoms with Crippen LogP contribution in [-0.2, 0) is 4.79 Å². The molecule has 0 spiro atoms. The van der Waals surface area contributed by atoms with E-state index in [0.717, 1.165) is 10.4 Å². The highest BCUT2D eigenvalue weighted by molar-refractivity contribution is 7.12. The van der Waals surface area contributed by atoms with Crippen molar-refractivity contribution in [1.29, 1.82) is 0 Å². The number of ketones is 1. The minimum absolute atomic E-state index is 0.0643. The van der Waals surface area contributed by atoms with Crippen LogP contribution in [0.1, 0.15) is 61.3 Å². The van der Waals surface area contributed by atoms with Gasteiger partial charge in [0, 0.05) is 12.8 Å². The van der Waals surface area contributed by atoms with Gasteiger partial charge in [0.15, 0.2) is 17.3 Å². The van der Waals surface area contributed by atoms with Crippen LogP contribution in [-0.4, -0.2) is 25.4 Å². The van der Waals surface area contributed by atoms with E-state index in [1.165, 1.54) is 11.3 Å². The highest BCUT2D eigenvalue weighted by Crippen LogP contribution is 2.30. The van der Waals surface area contributed by atoms with Gasteiger partial charge in [-0.25, -0.2) is 0 Å². The Kier molecular flexibility index (Phi) is 8.51. The highest BCUT2D eigenvalue weighted by Gasteiger charge is 2.14. The van der Waals surface area contributed by atoms with Crippen molar-refractivity contribution in [3.05, 3.63) is 46.2 Å². The van der Waals surface area contributed by atoms with Crippen molar-refractivity contribution in [2.45, 2.75) is 46.1 Å². The zero-order valence-corrected chi connectivity index (χ0v) is 17.8. The summed E-state index contributed by atoms with van der Waals surface area (Å²) in [5, 5.41) is 4.87. The Morgan fingerprint density at radius 2 is 1.89 bits per heavy atom. The van der Waals surface area contributed by atoms with Crippen molar-refractivity contribution < 1.29 is 19.1 Å². The van der Waals surface area contributed by atoms with Crippen LogP contribution in [0.2, 0.25) is 0 Å². The first-order chi connectivity index (χ1) is 13.4. The molecular formula is C22H29NO4S. The number of methoxy groups -OCH3 is 1. The summed E-state index contributed by atoms with van der Waals surface area (Å²) in [6, 6.07) is 9.22. The normalized spacial score (nSPS) is 11.9. The molecule has 0 bridgehead atoms. The number of ether oxygens (including phenoxy) is 2. The number of thiophene rings is 1. The lowest BCUT2D eigenvalue weighted by Crippen LogP contribution is -2.26. The molecule has 0 saturated heterocycles. The van der Waals surface area contributed by atoms with E-state index in [1.54, 1.807) is 7.11 Å². The SMILES string of the molecule is COc1cc(C(C)NC(=O)CCCC(=O)c2cccs2)ccc1OCC(C)C. The third-order valence-electron chi connectivity index (χ3n) is 4.24. The number of carbonyl (C=O) groups excluding carboxylic acids is 2. The summed E-state index contributed by atoms with van der Waals surface area (Å²) >= 11 is 1.44. The summed E-state index contributed by atoms with van der Waals surface area (Å²) in [4.78, 5) is 25.0. The van der Waals surface area contributed by atoms with Gasteiger partial charge in [-0.05, 0) is 48.4 Å². The molecule has 0 aliphatic heterocycles. The molecule has 2 rings (SSSR count). The van der Waals surface area contributed by atoms with E-state index >= 15 is 0 Å². The van der Waals surface area contributed by atoms with E-state index in [-0.39, 0.29) is 17.7 Å². The largest absolute Gasteiger partial charge is 0.493 e. The van der Waals surface area contributed by atoms with Gasteiger partial charge in [-0.2, -0.15) is 0 Å². The summed E-state index contributed by atoms with van der Waals surface area (Å²) in [5.74, 6) is 1.81. The van der Waals surface area contributed by atoms with E-state index in [2.05, 4.69) is 19.2 Å². The second-order valence-corrected chi connectivity index (χ2v) is 8.11. The van der Waals surface area contributed by atoms with Gasteiger partial charge in [-0.1, -0.05) is 26.0 Å². The van der Waals surface area contributed by atoms with E-state index in [9.17, 15) is 9.59 Å². The fraction of sp³-hybridized carbons (Fsp3) is 0.455. The number of hydrogen-bond acceptors (Lipinski definition) is 5. The molecule has 1 aromatic carbocycles. The molecule has 0 radical (unpaired) electrons. The number of nitrogens with one attached hydrogen (secondary N) is 1. The Labute approximate surface area is 171 Å². The third-order valence-corrected chi connectivity index (χ3v) is 5.15. The maximum atomic E-state index is 12.2. The van der Waals surface area contributed by atoms with Gasteiger partial charge in [0.2, 0.25) is 5.91 Å². The first-order valence-corrected chi connectivity index (χ1v) is 10.5. The maximum Gasteiger partial charge on any atom is 0.220 e. The molecule has 0 aliphatic carbocycles. The molecule has 1 amide bonds. The van der Waals surface area contributed by atoms with Crippen LogP contribution >= 0.6 is 11.3 Å². The van der Waals surface area contributed by atoms with Crippen LogP contribution < -0.4 is 14.8 Å². The summed E-state index contributed by atoms with van der Waals surface area (Å²) < 4.78 is 11.2. The van der Waals surface area contributed by atoms with Gasteiger partial charge >= 0.3 is 0 Å². The molecule has 2 aromatic rings. The molecule has 1 atom stereocenters. The molecule has 1 unspecified atom stereocenters. The third kappa shape index (κ3) is 6.68. The van der Waals surface area contributed by atoms with Crippen molar-refractivity contribution in [2.75, 3.05) is 13.7 Å². The maximum absolute atomic E-state index is 12.2. The fourth-order valence-electron chi connectivity index (χ4n) is 2.70. The lowest BCUT2D eigenvalue weighted by atomic mass is 10.1. The van der Waals surface area contributed by atoms with Crippen LogP contribution in [0, 0.1) is 5.92 Å². The van der Waals surface area contributed by atoms with E-state index in [1.807, 2.05) is 42.6 Å². The smallest absolute Gasteiger partial charge is 0.220 e. The summed E-state index contributed by atoms with van der Waals surface area (Å²) in [7, 11) is 1.61. The molecule has 28 heavy (non-hydrogen) atoms. The quantitative estimate of drug-likeness (QED) is 0.535. The molecule has 0 aliphatic rings. The minimum Gasteiger partial charge on any atom is -0.493 e. The molecule has 152 valence electrons. The average Bonchev–Trinajstić information content (AvgIpc) is 3.20. The highest BCUT2D eigenvalue weighted by atomic mass is 32.1. The number of rotatable bonds is 11. The zero-order valence-electron chi connectivity index (χ0n) is 17.0. The molecule has 0 saturated carbocycles. The van der Waals surface area contributed by atoms with Crippen LogP contribution in [0.15, 0.2) is 35.7 Å². The monoisotopic (exact) mass is 403 g/mol. The van der Waals surface area contributed by atoms with Gasteiger partial charge < -0.3 is 14.8 Å². The van der Waals surface area contributed by atoms with Gasteiger partial charge in [-0.3, -0.25) is 9.59 Å². The van der Waals surface area contributed by atoms with Crippen LogP contribution in [0.4, 0.5) is 0 Å². The van der Waals surface area contributed by atoms with Crippen LogP contribution in [0.5, 0.6) is 11.5 Å². The van der Waals surface area contributed by atoms with Crippen molar-refractivity contribution in [1.82, 2.24) is 5.32 Å². The lowest BCUT2D eigenvalue weighted by molar-refractivity contribution is -0.121. The fourth-order valence-corrected chi connectivity index (χ4v) is 3.39. The number of Topliss-reactive ketones (excluding diaryl/α,β-unsaturated/α-hetero) is 1. The van der Waals surface area contributed by atoms with Crippen molar-refractivity contribution in [2.24, 2.45) is 5.92 Å². The van der Waals surface area contributed by atoms with Crippen molar-refractivity contribution in [3.63, 3.8) is 0 Å². The Morgan fingerprint density at radius 3 is 2.54 bits per heavy atom. The Bertz CT molecular complexity index is 771. The topological polar surface area (TPSA) is 64.6 Å². The van der Waals surface area contributed by atoms with Crippen LogP contribution in [0.25, 0.3) is 0 Å². The number of benzene rings is 1. The Hall–Kier alpha value is -2.34. The first-order valence-electron chi connectivity index (χ1n) is 9.57. The second-order valence-electron chi connectivity index (χ2n) is 7.16. The minimum atomic E-state index is -0.159. The molecule has 0 fully saturated rings. The predicted octanol–water partition coefficient (Wildman–Crippen LogP) is 5.02. The first kappa shape index (κ1) is 22.0. The van der Waals surface area contributed by atoms with Gasteiger partial charge in [0.05, 0.1) is 24.6 Å². The van der Waals surface area contributed by atoms with Crippen molar-refractivity contribution >= 4 is 23.0 Å². The van der Waals surface area contributed by atoms with E-state index in [4.69, 9.17) is 9.47 Å². The zero-order chi connectivity index (χ0) is 20.5. The molecular weight excluding hydrogens is 374 g/mol.